The van der Waals surface area contributed by atoms with Crippen LogP contribution in [0, 0.1) is 5.41 Å². The van der Waals surface area contributed by atoms with E-state index in [0.717, 1.165) is 32.6 Å². The molecule has 0 aromatic rings. The second-order valence-corrected chi connectivity index (χ2v) is 4.91. The van der Waals surface area contributed by atoms with Gasteiger partial charge in [-0.1, -0.05) is 19.8 Å². The average molecular weight is 214 g/mol. The van der Waals surface area contributed by atoms with E-state index >= 15 is 0 Å². The van der Waals surface area contributed by atoms with Crippen LogP contribution in [0.1, 0.15) is 39.0 Å². The zero-order valence-corrected chi connectivity index (χ0v) is 10.0. The molecule has 3 nitrogen and oxygen atoms in total. The van der Waals surface area contributed by atoms with Crippen molar-refractivity contribution < 1.29 is 5.11 Å². The lowest BCUT2D eigenvalue weighted by atomic mass is 9.85. The molecule has 1 saturated carbocycles. The van der Waals surface area contributed by atoms with E-state index < -0.39 is 0 Å². The van der Waals surface area contributed by atoms with Gasteiger partial charge in [-0.05, 0) is 37.8 Å². The highest BCUT2D eigenvalue weighted by Crippen LogP contribution is 2.37. The second-order valence-electron chi connectivity index (χ2n) is 4.91. The molecule has 0 aliphatic heterocycles. The Morgan fingerprint density at radius 1 is 1.27 bits per heavy atom. The van der Waals surface area contributed by atoms with Gasteiger partial charge >= 0.3 is 0 Å². The second kappa shape index (κ2) is 6.46. The molecule has 0 aromatic carbocycles. The molecule has 90 valence electrons. The number of nitrogens with two attached hydrogens (primary N) is 1. The van der Waals surface area contributed by atoms with Gasteiger partial charge in [0.05, 0.1) is 6.61 Å². The summed E-state index contributed by atoms with van der Waals surface area (Å²) in [7, 11) is 0. The van der Waals surface area contributed by atoms with Gasteiger partial charge in [-0.3, -0.25) is 0 Å². The third kappa shape index (κ3) is 3.74. The third-order valence-corrected chi connectivity index (χ3v) is 3.61. The molecule has 0 amide bonds. The van der Waals surface area contributed by atoms with Crippen molar-refractivity contribution in [2.24, 2.45) is 11.1 Å². The Balaban J connectivity index is 2.46. The van der Waals surface area contributed by atoms with Gasteiger partial charge in [0.25, 0.3) is 0 Å². The maximum atomic E-state index is 9.02. The highest BCUT2D eigenvalue weighted by atomic mass is 16.3. The number of aliphatic hydroxyl groups excluding tert-OH is 1. The molecule has 1 fully saturated rings. The zero-order valence-electron chi connectivity index (χ0n) is 10.0. The SMILES string of the molecule is CCCN(CCO)CC1(CN)CCCC1. The van der Waals surface area contributed by atoms with Gasteiger partial charge in [-0.15, -0.1) is 0 Å². The summed E-state index contributed by atoms with van der Waals surface area (Å²) >= 11 is 0. The molecule has 0 saturated heterocycles. The summed E-state index contributed by atoms with van der Waals surface area (Å²) < 4.78 is 0. The van der Waals surface area contributed by atoms with E-state index in [1.54, 1.807) is 0 Å². The summed E-state index contributed by atoms with van der Waals surface area (Å²) in [4.78, 5) is 2.37. The van der Waals surface area contributed by atoms with Gasteiger partial charge in [0.2, 0.25) is 0 Å². The zero-order chi connectivity index (χ0) is 11.1. The molecular formula is C12H26N2O. The van der Waals surface area contributed by atoms with E-state index in [4.69, 9.17) is 10.8 Å². The fourth-order valence-electron chi connectivity index (χ4n) is 2.75. The van der Waals surface area contributed by atoms with E-state index in [9.17, 15) is 0 Å². The van der Waals surface area contributed by atoms with Crippen molar-refractivity contribution in [2.45, 2.75) is 39.0 Å². The van der Waals surface area contributed by atoms with E-state index in [1.807, 2.05) is 0 Å². The molecule has 3 N–H and O–H groups in total. The highest BCUT2D eigenvalue weighted by molar-refractivity contribution is 4.88. The van der Waals surface area contributed by atoms with Gasteiger partial charge in [0.1, 0.15) is 0 Å². The number of aliphatic hydroxyl groups is 1. The lowest BCUT2D eigenvalue weighted by Gasteiger charge is -2.34. The first-order valence-electron chi connectivity index (χ1n) is 6.29. The Morgan fingerprint density at radius 3 is 2.40 bits per heavy atom. The van der Waals surface area contributed by atoms with Crippen LogP contribution in [-0.2, 0) is 0 Å². The summed E-state index contributed by atoms with van der Waals surface area (Å²) in [5.41, 5.74) is 6.27. The van der Waals surface area contributed by atoms with Crippen molar-refractivity contribution in [3.63, 3.8) is 0 Å². The lowest BCUT2D eigenvalue weighted by molar-refractivity contribution is 0.130. The first-order valence-corrected chi connectivity index (χ1v) is 6.29. The average Bonchev–Trinajstić information content (AvgIpc) is 2.68. The number of rotatable bonds is 7. The molecule has 15 heavy (non-hydrogen) atoms. The minimum absolute atomic E-state index is 0.265. The van der Waals surface area contributed by atoms with E-state index in [2.05, 4.69) is 11.8 Å². The van der Waals surface area contributed by atoms with Crippen LogP contribution in [0.3, 0.4) is 0 Å². The minimum Gasteiger partial charge on any atom is -0.395 e. The molecule has 1 aliphatic carbocycles. The van der Waals surface area contributed by atoms with Crippen molar-refractivity contribution in [1.82, 2.24) is 4.90 Å². The molecule has 0 heterocycles. The summed E-state index contributed by atoms with van der Waals surface area (Å²) in [5.74, 6) is 0. The van der Waals surface area contributed by atoms with E-state index in [0.29, 0.717) is 5.41 Å². The Morgan fingerprint density at radius 2 is 1.93 bits per heavy atom. The Labute approximate surface area is 93.6 Å². The molecule has 0 aromatic heterocycles. The molecule has 1 rings (SSSR count). The van der Waals surface area contributed by atoms with Crippen LogP contribution < -0.4 is 5.73 Å². The minimum atomic E-state index is 0.265. The van der Waals surface area contributed by atoms with Crippen molar-refractivity contribution >= 4 is 0 Å². The highest BCUT2D eigenvalue weighted by Gasteiger charge is 2.33. The molecule has 1 aliphatic rings. The van der Waals surface area contributed by atoms with Crippen molar-refractivity contribution in [1.29, 1.82) is 0 Å². The smallest absolute Gasteiger partial charge is 0.0558 e. The fourth-order valence-corrected chi connectivity index (χ4v) is 2.75. The third-order valence-electron chi connectivity index (χ3n) is 3.61. The Hall–Kier alpha value is -0.120. The van der Waals surface area contributed by atoms with Crippen molar-refractivity contribution in [2.75, 3.05) is 32.8 Å². The first kappa shape index (κ1) is 12.9. The van der Waals surface area contributed by atoms with Crippen molar-refractivity contribution in [3.8, 4) is 0 Å². The van der Waals surface area contributed by atoms with Gasteiger partial charge in [0.15, 0.2) is 0 Å². The maximum absolute atomic E-state index is 9.02. The summed E-state index contributed by atoms with van der Waals surface area (Å²) in [5, 5.41) is 9.02. The van der Waals surface area contributed by atoms with Crippen molar-refractivity contribution in [3.05, 3.63) is 0 Å². The van der Waals surface area contributed by atoms with E-state index in [1.165, 1.54) is 25.7 Å². The molecule has 0 atom stereocenters. The van der Waals surface area contributed by atoms with Crippen LogP contribution in [0.15, 0.2) is 0 Å². The topological polar surface area (TPSA) is 49.5 Å². The summed E-state index contributed by atoms with van der Waals surface area (Å²) in [6, 6.07) is 0. The first-order chi connectivity index (χ1) is 7.26. The monoisotopic (exact) mass is 214 g/mol. The van der Waals surface area contributed by atoms with Gasteiger partial charge < -0.3 is 15.7 Å². The number of hydrogen-bond donors (Lipinski definition) is 2. The molecular weight excluding hydrogens is 188 g/mol. The Kier molecular flexibility index (Phi) is 5.58. The van der Waals surface area contributed by atoms with Gasteiger partial charge in [-0.25, -0.2) is 0 Å². The largest absolute Gasteiger partial charge is 0.395 e. The summed E-state index contributed by atoms with van der Waals surface area (Å²) in [6.07, 6.45) is 6.36. The standard InChI is InChI=1S/C12H26N2O/c1-2-7-14(8-9-15)11-12(10-13)5-3-4-6-12/h15H,2-11,13H2,1H3. The van der Waals surface area contributed by atoms with Gasteiger partial charge in [0, 0.05) is 13.1 Å². The lowest BCUT2D eigenvalue weighted by Crippen LogP contribution is -2.42. The molecule has 3 heteroatoms. The quantitative estimate of drug-likeness (QED) is 0.670. The molecule has 0 bridgehead atoms. The predicted octanol–water partition coefficient (Wildman–Crippen LogP) is 1.21. The summed E-state index contributed by atoms with van der Waals surface area (Å²) in [6.45, 7) is 6.23. The fraction of sp³-hybridized carbons (Fsp3) is 1.00. The predicted molar refractivity (Wildman–Crippen MR) is 63.8 cm³/mol. The van der Waals surface area contributed by atoms with Crippen LogP contribution in [0.2, 0.25) is 0 Å². The van der Waals surface area contributed by atoms with Gasteiger partial charge in [-0.2, -0.15) is 0 Å². The number of hydrogen-bond acceptors (Lipinski definition) is 3. The molecule has 0 radical (unpaired) electrons. The maximum Gasteiger partial charge on any atom is 0.0558 e. The number of nitrogens with zero attached hydrogens (tertiary/aromatic N) is 1. The van der Waals surface area contributed by atoms with Crippen LogP contribution in [0.5, 0.6) is 0 Å². The van der Waals surface area contributed by atoms with Crippen LogP contribution in [0.25, 0.3) is 0 Å². The van der Waals surface area contributed by atoms with Crippen LogP contribution in [-0.4, -0.2) is 42.8 Å². The normalized spacial score (nSPS) is 20.0. The Bertz CT molecular complexity index is 161. The molecule has 0 unspecified atom stereocenters. The van der Waals surface area contributed by atoms with Crippen LogP contribution >= 0.6 is 0 Å². The van der Waals surface area contributed by atoms with E-state index in [-0.39, 0.29) is 6.61 Å². The molecule has 0 spiro atoms. The van der Waals surface area contributed by atoms with Crippen LogP contribution in [0.4, 0.5) is 0 Å².